The number of methoxy groups -OCH3 is 3. The van der Waals surface area contributed by atoms with E-state index in [1.165, 1.54) is 7.11 Å². The Morgan fingerprint density at radius 1 is 0.875 bits per heavy atom. The number of ether oxygens (including phenoxy) is 4. The van der Waals surface area contributed by atoms with E-state index in [0.29, 0.717) is 53.5 Å². The molecule has 0 amide bonds. The molecule has 0 saturated heterocycles. The number of benzene rings is 3. The molecule has 1 N–H and O–H groups in total. The number of Topliss-reactive ketones (excluding diaryl/α,β-unsaturated/α-hetero) is 1. The summed E-state index contributed by atoms with van der Waals surface area (Å²) in [5.74, 6) is 0.832. The van der Waals surface area contributed by atoms with Crippen LogP contribution in [0.3, 0.4) is 0 Å². The summed E-state index contributed by atoms with van der Waals surface area (Å²) in [4.78, 5) is 26.9. The van der Waals surface area contributed by atoms with Crippen molar-refractivity contribution in [2.75, 3.05) is 21.3 Å². The maximum atomic E-state index is 13.9. The number of carbonyl (C=O) groups excluding carboxylic acids is 2. The van der Waals surface area contributed by atoms with Gasteiger partial charge in [0.1, 0.15) is 12.4 Å². The Morgan fingerprint density at radius 2 is 1.65 bits per heavy atom. The van der Waals surface area contributed by atoms with Gasteiger partial charge in [0, 0.05) is 29.3 Å². The van der Waals surface area contributed by atoms with Gasteiger partial charge in [0.05, 0.1) is 26.9 Å². The van der Waals surface area contributed by atoms with Crippen molar-refractivity contribution >= 4 is 11.8 Å². The van der Waals surface area contributed by atoms with Gasteiger partial charge in [-0.2, -0.15) is 0 Å². The molecular weight excluding hydrogens is 506 g/mol. The third kappa shape index (κ3) is 5.32. The number of hydrogen-bond acceptors (Lipinski definition) is 7. The first kappa shape index (κ1) is 27.1. The molecule has 7 nitrogen and oxygen atoms in total. The van der Waals surface area contributed by atoms with E-state index in [-0.39, 0.29) is 11.7 Å². The number of nitrogens with one attached hydrogen (secondary N) is 1. The molecule has 40 heavy (non-hydrogen) atoms. The summed E-state index contributed by atoms with van der Waals surface area (Å²) in [6, 6.07) is 23.3. The maximum absolute atomic E-state index is 13.9. The summed E-state index contributed by atoms with van der Waals surface area (Å²) in [6.45, 7) is 2.26. The van der Waals surface area contributed by atoms with E-state index in [0.717, 1.165) is 22.4 Å². The summed E-state index contributed by atoms with van der Waals surface area (Å²) in [5, 5.41) is 3.38. The van der Waals surface area contributed by atoms with Gasteiger partial charge < -0.3 is 24.3 Å². The second kappa shape index (κ2) is 11.7. The first-order chi connectivity index (χ1) is 19.4. The normalized spacial score (nSPS) is 18.6. The summed E-state index contributed by atoms with van der Waals surface area (Å²) in [7, 11) is 4.56. The van der Waals surface area contributed by atoms with Crippen molar-refractivity contribution in [3.63, 3.8) is 0 Å². The van der Waals surface area contributed by atoms with Crippen molar-refractivity contribution in [3.8, 4) is 17.2 Å². The zero-order valence-electron chi connectivity index (χ0n) is 23.2. The average molecular weight is 540 g/mol. The lowest BCUT2D eigenvalue weighted by Gasteiger charge is -2.36. The minimum atomic E-state index is -0.567. The van der Waals surface area contributed by atoms with Crippen LogP contribution >= 0.6 is 0 Å². The van der Waals surface area contributed by atoms with Gasteiger partial charge in [0.25, 0.3) is 0 Å². The molecule has 0 bridgehead atoms. The van der Waals surface area contributed by atoms with E-state index in [9.17, 15) is 9.59 Å². The van der Waals surface area contributed by atoms with Crippen LogP contribution in [0.15, 0.2) is 95.3 Å². The minimum absolute atomic E-state index is 0.0111. The third-order valence-electron chi connectivity index (χ3n) is 7.55. The molecule has 7 heteroatoms. The standard InChI is InChI=1S/C33H33NO6/c1-20-30(33(36)39-4)31(23-11-8-12-25(15-23)40-19-21-9-6-5-7-10-21)32-26(34-20)16-24(17-27(32)35)22-13-14-28(37-2)29(18-22)38-3/h5-15,18,24,31,34H,16-17,19H2,1-4H3/t24-,31+/m1/s1. The second-order valence-electron chi connectivity index (χ2n) is 9.97. The average Bonchev–Trinajstić information content (AvgIpc) is 2.99. The number of carbonyl (C=O) groups is 2. The Kier molecular flexibility index (Phi) is 7.91. The van der Waals surface area contributed by atoms with Gasteiger partial charge in [-0.15, -0.1) is 0 Å². The number of allylic oxidation sites excluding steroid dienone is 3. The monoisotopic (exact) mass is 539 g/mol. The van der Waals surface area contributed by atoms with Gasteiger partial charge in [-0.1, -0.05) is 48.5 Å². The van der Waals surface area contributed by atoms with E-state index in [4.69, 9.17) is 18.9 Å². The third-order valence-corrected chi connectivity index (χ3v) is 7.55. The molecule has 5 rings (SSSR count). The van der Waals surface area contributed by atoms with Gasteiger partial charge in [0.15, 0.2) is 17.3 Å². The van der Waals surface area contributed by atoms with E-state index < -0.39 is 11.9 Å². The van der Waals surface area contributed by atoms with Crippen molar-refractivity contribution in [1.29, 1.82) is 0 Å². The topological polar surface area (TPSA) is 83.1 Å². The fourth-order valence-electron chi connectivity index (χ4n) is 5.62. The fraction of sp³-hybridized carbons (Fsp3) is 0.273. The fourth-order valence-corrected chi connectivity index (χ4v) is 5.62. The molecule has 3 aromatic rings. The second-order valence-corrected chi connectivity index (χ2v) is 9.97. The van der Waals surface area contributed by atoms with E-state index in [1.807, 2.05) is 79.7 Å². The van der Waals surface area contributed by atoms with Crippen LogP contribution in [0.5, 0.6) is 17.2 Å². The largest absolute Gasteiger partial charge is 0.493 e. The Balaban J connectivity index is 1.51. The molecule has 1 aliphatic carbocycles. The predicted octanol–water partition coefficient (Wildman–Crippen LogP) is 5.82. The zero-order chi connectivity index (χ0) is 28.2. The maximum Gasteiger partial charge on any atom is 0.336 e. The van der Waals surface area contributed by atoms with Gasteiger partial charge in [0.2, 0.25) is 0 Å². The summed E-state index contributed by atoms with van der Waals surface area (Å²) in [5.41, 5.74) is 5.37. The highest BCUT2D eigenvalue weighted by atomic mass is 16.5. The van der Waals surface area contributed by atoms with Crippen LogP contribution in [-0.2, 0) is 20.9 Å². The number of esters is 1. The van der Waals surface area contributed by atoms with Crippen LogP contribution in [0.4, 0.5) is 0 Å². The Hall–Kier alpha value is -4.52. The molecule has 0 spiro atoms. The Bertz CT molecular complexity index is 1490. The molecule has 2 atom stereocenters. The first-order valence-corrected chi connectivity index (χ1v) is 13.2. The number of rotatable bonds is 8. The SMILES string of the molecule is COC(=O)C1=C(C)NC2=C(C(=O)C[C@H](c3ccc(OC)c(OC)c3)C2)[C@H]1c1cccc(OCc2ccccc2)c1. The van der Waals surface area contributed by atoms with Gasteiger partial charge in [-0.05, 0) is 60.2 Å². The van der Waals surface area contributed by atoms with Crippen molar-refractivity contribution in [2.24, 2.45) is 0 Å². The molecule has 206 valence electrons. The summed E-state index contributed by atoms with van der Waals surface area (Å²) >= 11 is 0. The van der Waals surface area contributed by atoms with Crippen LogP contribution in [0.2, 0.25) is 0 Å². The quantitative estimate of drug-likeness (QED) is 0.361. The van der Waals surface area contributed by atoms with E-state index in [2.05, 4.69) is 5.32 Å². The lowest BCUT2D eigenvalue weighted by Crippen LogP contribution is -2.36. The lowest BCUT2D eigenvalue weighted by molar-refractivity contribution is -0.136. The van der Waals surface area contributed by atoms with Crippen molar-refractivity contribution in [2.45, 2.75) is 38.2 Å². The smallest absolute Gasteiger partial charge is 0.336 e. The van der Waals surface area contributed by atoms with Crippen LogP contribution < -0.4 is 19.5 Å². The highest BCUT2D eigenvalue weighted by molar-refractivity contribution is 6.04. The highest BCUT2D eigenvalue weighted by Crippen LogP contribution is 2.47. The Labute approximate surface area is 234 Å². The number of ketones is 1. The molecule has 0 radical (unpaired) electrons. The van der Waals surface area contributed by atoms with Crippen LogP contribution in [-0.4, -0.2) is 33.1 Å². The molecular formula is C33H33NO6. The van der Waals surface area contributed by atoms with E-state index >= 15 is 0 Å². The highest BCUT2D eigenvalue weighted by Gasteiger charge is 2.41. The van der Waals surface area contributed by atoms with Crippen LogP contribution in [0, 0.1) is 0 Å². The molecule has 1 heterocycles. The zero-order valence-corrected chi connectivity index (χ0v) is 23.2. The summed E-state index contributed by atoms with van der Waals surface area (Å²) < 4.78 is 22.1. The molecule has 2 aliphatic rings. The van der Waals surface area contributed by atoms with Crippen molar-refractivity contribution < 1.29 is 28.5 Å². The van der Waals surface area contributed by atoms with Crippen molar-refractivity contribution in [1.82, 2.24) is 5.32 Å². The molecule has 0 saturated carbocycles. The van der Waals surface area contributed by atoms with Crippen molar-refractivity contribution in [3.05, 3.63) is 112 Å². The van der Waals surface area contributed by atoms with Gasteiger partial charge in [-0.3, -0.25) is 4.79 Å². The van der Waals surface area contributed by atoms with Gasteiger partial charge in [-0.25, -0.2) is 4.79 Å². The predicted molar refractivity (Wildman–Crippen MR) is 151 cm³/mol. The molecule has 3 aromatic carbocycles. The molecule has 0 unspecified atom stereocenters. The number of hydrogen-bond donors (Lipinski definition) is 1. The molecule has 1 aliphatic heterocycles. The lowest BCUT2D eigenvalue weighted by atomic mass is 9.71. The molecule has 0 fully saturated rings. The Morgan fingerprint density at radius 3 is 2.38 bits per heavy atom. The summed E-state index contributed by atoms with van der Waals surface area (Å²) in [6.07, 6.45) is 0.924. The number of dihydropyridines is 1. The van der Waals surface area contributed by atoms with Crippen LogP contribution in [0.25, 0.3) is 0 Å². The van der Waals surface area contributed by atoms with E-state index in [1.54, 1.807) is 14.2 Å². The van der Waals surface area contributed by atoms with Gasteiger partial charge >= 0.3 is 5.97 Å². The van der Waals surface area contributed by atoms with Crippen LogP contribution in [0.1, 0.15) is 48.3 Å². The molecule has 0 aromatic heterocycles. The first-order valence-electron chi connectivity index (χ1n) is 13.2. The minimum Gasteiger partial charge on any atom is -0.493 e.